The van der Waals surface area contributed by atoms with Crippen LogP contribution in [0.2, 0.25) is 5.02 Å². The number of imide groups is 1. The lowest BCUT2D eigenvalue weighted by Gasteiger charge is -2.13. The Balaban J connectivity index is 1.32. The minimum atomic E-state index is -0.606. The maximum atomic E-state index is 12.2. The Morgan fingerprint density at radius 3 is 2.57 bits per heavy atom. The standard InChI is InChI=1S/C20H14ClNO6/c21-15-9-12(10-16-18(15)28-11-27-16)5-6-17(23)26-8-7-22-19(24)13-3-1-2-4-14(13)20(22)25/h1-6,9-10H,7-8,11H2/b6-5+. The lowest BCUT2D eigenvalue weighted by molar-refractivity contribution is -0.137. The van der Waals surface area contributed by atoms with Gasteiger partial charge >= 0.3 is 5.97 Å². The molecule has 4 rings (SSSR count). The topological polar surface area (TPSA) is 82.1 Å². The highest BCUT2D eigenvalue weighted by atomic mass is 35.5. The monoisotopic (exact) mass is 399 g/mol. The van der Waals surface area contributed by atoms with Gasteiger partial charge < -0.3 is 14.2 Å². The van der Waals surface area contributed by atoms with Crippen molar-refractivity contribution in [2.24, 2.45) is 0 Å². The summed E-state index contributed by atoms with van der Waals surface area (Å²) < 4.78 is 15.6. The largest absolute Gasteiger partial charge is 0.461 e. The van der Waals surface area contributed by atoms with Crippen LogP contribution in [0.4, 0.5) is 0 Å². The third kappa shape index (κ3) is 3.32. The Bertz CT molecular complexity index is 981. The highest BCUT2D eigenvalue weighted by Gasteiger charge is 2.34. The number of nitrogens with zero attached hydrogens (tertiary/aromatic N) is 1. The van der Waals surface area contributed by atoms with Gasteiger partial charge in [-0.3, -0.25) is 14.5 Å². The summed E-state index contributed by atoms with van der Waals surface area (Å²) in [6, 6.07) is 9.91. The third-order valence-corrected chi connectivity index (χ3v) is 4.58. The maximum absolute atomic E-state index is 12.2. The Labute approximate surface area is 165 Å². The second-order valence-electron chi connectivity index (χ2n) is 6.04. The number of fused-ring (bicyclic) bond motifs is 2. The number of carbonyl (C=O) groups is 3. The van der Waals surface area contributed by atoms with Crippen LogP contribution in [0.3, 0.4) is 0 Å². The normalized spacial score (nSPS) is 14.7. The molecule has 0 bridgehead atoms. The summed E-state index contributed by atoms with van der Waals surface area (Å²) in [6.45, 7) is -0.0135. The molecule has 0 radical (unpaired) electrons. The minimum absolute atomic E-state index is 0.0121. The lowest BCUT2D eigenvalue weighted by atomic mass is 10.1. The van der Waals surface area contributed by atoms with Crippen molar-refractivity contribution >= 4 is 35.5 Å². The van der Waals surface area contributed by atoms with E-state index in [1.807, 2.05) is 0 Å². The number of esters is 1. The quantitative estimate of drug-likeness (QED) is 0.437. The van der Waals surface area contributed by atoms with Crippen molar-refractivity contribution < 1.29 is 28.6 Å². The predicted octanol–water partition coefficient (Wildman–Crippen LogP) is 2.92. The van der Waals surface area contributed by atoms with Crippen LogP contribution in [0.1, 0.15) is 26.3 Å². The number of benzene rings is 2. The predicted molar refractivity (Wildman–Crippen MR) is 99.4 cm³/mol. The molecule has 28 heavy (non-hydrogen) atoms. The van der Waals surface area contributed by atoms with E-state index in [2.05, 4.69) is 0 Å². The molecule has 7 nitrogen and oxygen atoms in total. The van der Waals surface area contributed by atoms with E-state index in [9.17, 15) is 14.4 Å². The molecule has 0 aromatic heterocycles. The summed E-state index contributed by atoms with van der Waals surface area (Å²) in [7, 11) is 0. The van der Waals surface area contributed by atoms with E-state index < -0.39 is 5.97 Å². The molecule has 0 spiro atoms. The molecule has 0 aliphatic carbocycles. The van der Waals surface area contributed by atoms with E-state index in [1.165, 1.54) is 12.2 Å². The number of ether oxygens (including phenoxy) is 3. The zero-order valence-corrected chi connectivity index (χ0v) is 15.3. The van der Waals surface area contributed by atoms with E-state index >= 15 is 0 Å². The van der Waals surface area contributed by atoms with Crippen molar-refractivity contribution in [1.29, 1.82) is 0 Å². The molecule has 2 heterocycles. The van der Waals surface area contributed by atoms with Crippen LogP contribution in [0.25, 0.3) is 6.08 Å². The molecule has 0 fully saturated rings. The van der Waals surface area contributed by atoms with Crippen LogP contribution >= 0.6 is 11.6 Å². The fourth-order valence-corrected chi connectivity index (χ4v) is 3.25. The van der Waals surface area contributed by atoms with Gasteiger partial charge in [-0.2, -0.15) is 0 Å². The Morgan fingerprint density at radius 1 is 1.14 bits per heavy atom. The van der Waals surface area contributed by atoms with Gasteiger partial charge in [0.2, 0.25) is 6.79 Å². The number of hydrogen-bond acceptors (Lipinski definition) is 6. The first kappa shape index (κ1) is 18.1. The average Bonchev–Trinajstić information content (AvgIpc) is 3.26. The minimum Gasteiger partial charge on any atom is -0.461 e. The Morgan fingerprint density at radius 2 is 1.86 bits per heavy atom. The summed E-state index contributed by atoms with van der Waals surface area (Å²) in [5.74, 6) is -0.400. The maximum Gasteiger partial charge on any atom is 0.330 e. The van der Waals surface area contributed by atoms with E-state index in [0.29, 0.717) is 33.2 Å². The number of hydrogen-bond donors (Lipinski definition) is 0. The zero-order valence-electron chi connectivity index (χ0n) is 14.5. The molecule has 2 aliphatic heterocycles. The van der Waals surface area contributed by atoms with Crippen LogP contribution < -0.4 is 9.47 Å². The third-order valence-electron chi connectivity index (χ3n) is 4.30. The summed E-state index contributed by atoms with van der Waals surface area (Å²) >= 11 is 6.09. The van der Waals surface area contributed by atoms with Crippen molar-refractivity contribution in [1.82, 2.24) is 4.90 Å². The van der Waals surface area contributed by atoms with Gasteiger partial charge in [0.15, 0.2) is 11.5 Å². The molecular weight excluding hydrogens is 386 g/mol. The zero-order chi connectivity index (χ0) is 19.7. The highest BCUT2D eigenvalue weighted by Crippen LogP contribution is 2.40. The first-order valence-electron chi connectivity index (χ1n) is 8.44. The van der Waals surface area contributed by atoms with E-state index in [0.717, 1.165) is 4.90 Å². The van der Waals surface area contributed by atoms with Crippen molar-refractivity contribution in [3.63, 3.8) is 0 Å². The van der Waals surface area contributed by atoms with Gasteiger partial charge in [0.25, 0.3) is 11.8 Å². The fraction of sp³-hybridized carbons (Fsp3) is 0.150. The van der Waals surface area contributed by atoms with E-state index in [-0.39, 0.29) is 31.8 Å². The van der Waals surface area contributed by atoms with E-state index in [1.54, 1.807) is 36.4 Å². The molecule has 2 aromatic rings. The molecule has 2 aliphatic rings. The molecule has 0 atom stereocenters. The van der Waals surface area contributed by atoms with Gasteiger partial charge in [-0.05, 0) is 35.9 Å². The molecule has 0 unspecified atom stereocenters. The van der Waals surface area contributed by atoms with Crippen LogP contribution in [0, 0.1) is 0 Å². The Kier molecular flexibility index (Phi) is 4.75. The van der Waals surface area contributed by atoms with Gasteiger partial charge in [0.1, 0.15) is 6.61 Å². The molecule has 0 saturated heterocycles. The lowest BCUT2D eigenvalue weighted by Crippen LogP contribution is -2.33. The van der Waals surface area contributed by atoms with Gasteiger partial charge in [-0.1, -0.05) is 23.7 Å². The molecule has 142 valence electrons. The first-order chi connectivity index (χ1) is 13.5. The summed E-state index contributed by atoms with van der Waals surface area (Å²) in [6.07, 6.45) is 2.76. The van der Waals surface area contributed by atoms with Crippen LogP contribution in [-0.2, 0) is 9.53 Å². The van der Waals surface area contributed by atoms with E-state index in [4.69, 9.17) is 25.8 Å². The van der Waals surface area contributed by atoms with Crippen molar-refractivity contribution in [3.8, 4) is 11.5 Å². The van der Waals surface area contributed by atoms with Crippen molar-refractivity contribution in [2.45, 2.75) is 0 Å². The smallest absolute Gasteiger partial charge is 0.330 e. The SMILES string of the molecule is O=C(/C=C/c1cc(Cl)c2c(c1)OCO2)OCCN1C(=O)c2ccccc2C1=O. The number of carbonyl (C=O) groups excluding carboxylic acids is 3. The van der Waals surface area contributed by atoms with Crippen LogP contribution in [0.5, 0.6) is 11.5 Å². The fourth-order valence-electron chi connectivity index (χ4n) is 2.98. The molecular formula is C20H14ClNO6. The van der Waals surface area contributed by atoms with Gasteiger partial charge in [0, 0.05) is 6.08 Å². The number of amides is 2. The first-order valence-corrected chi connectivity index (χ1v) is 8.81. The van der Waals surface area contributed by atoms with Crippen LogP contribution in [0.15, 0.2) is 42.5 Å². The highest BCUT2D eigenvalue weighted by molar-refractivity contribution is 6.32. The number of halogens is 1. The van der Waals surface area contributed by atoms with Gasteiger partial charge in [-0.25, -0.2) is 4.79 Å². The van der Waals surface area contributed by atoms with Gasteiger partial charge in [0.05, 0.1) is 22.7 Å². The summed E-state index contributed by atoms with van der Waals surface area (Å²) in [5.41, 5.74) is 1.36. The van der Waals surface area contributed by atoms with Gasteiger partial charge in [-0.15, -0.1) is 0 Å². The second-order valence-corrected chi connectivity index (χ2v) is 6.45. The molecule has 0 saturated carbocycles. The second kappa shape index (κ2) is 7.36. The molecule has 2 amide bonds. The summed E-state index contributed by atoms with van der Waals surface area (Å²) in [4.78, 5) is 37.4. The molecule has 8 heteroatoms. The van der Waals surface area contributed by atoms with Crippen molar-refractivity contribution in [2.75, 3.05) is 19.9 Å². The molecule has 0 N–H and O–H groups in total. The van der Waals surface area contributed by atoms with Crippen molar-refractivity contribution in [3.05, 3.63) is 64.2 Å². The van der Waals surface area contributed by atoms with Crippen LogP contribution in [-0.4, -0.2) is 42.6 Å². The molecule has 2 aromatic carbocycles. The summed E-state index contributed by atoms with van der Waals surface area (Å²) in [5, 5.41) is 0.383. The number of rotatable bonds is 5. The Hall–Kier alpha value is -3.32. The average molecular weight is 400 g/mol.